The van der Waals surface area contributed by atoms with Gasteiger partial charge in [-0.05, 0) is 55.7 Å². The Morgan fingerprint density at radius 3 is 2.55 bits per heavy atom. The molecule has 42 heavy (non-hydrogen) atoms. The van der Waals surface area contributed by atoms with Crippen LogP contribution in [0.5, 0.6) is 5.75 Å². The SMILES string of the molecule is C=CC(=O)N1CCN(c2nc(=O)n(-c3c(C)ccnc3C(C)C)c3nc(-c4c(O)ccc(F)c4F)c(F)cc23)[C@@H](C)C1. The summed E-state index contributed by atoms with van der Waals surface area (Å²) in [6.45, 7) is 11.8. The average Bonchev–Trinajstić information content (AvgIpc) is 2.95. The van der Waals surface area contributed by atoms with Gasteiger partial charge in [0.05, 0.1) is 22.3 Å². The minimum Gasteiger partial charge on any atom is -0.507 e. The highest BCUT2D eigenvalue weighted by atomic mass is 19.2. The number of aromatic hydroxyl groups is 1. The summed E-state index contributed by atoms with van der Waals surface area (Å²) in [4.78, 5) is 42.7. The van der Waals surface area contributed by atoms with Crippen molar-refractivity contribution in [3.05, 3.63) is 82.3 Å². The lowest BCUT2D eigenvalue weighted by Crippen LogP contribution is -2.54. The van der Waals surface area contributed by atoms with Gasteiger partial charge in [0, 0.05) is 31.9 Å². The molecule has 1 amide bonds. The van der Waals surface area contributed by atoms with Gasteiger partial charge in [0.1, 0.15) is 17.3 Å². The van der Waals surface area contributed by atoms with Gasteiger partial charge in [-0.1, -0.05) is 20.4 Å². The first-order valence-electron chi connectivity index (χ1n) is 13.4. The predicted molar refractivity (Wildman–Crippen MR) is 152 cm³/mol. The Labute approximate surface area is 239 Å². The van der Waals surface area contributed by atoms with Crippen LogP contribution >= 0.6 is 0 Å². The molecule has 1 atom stereocenters. The van der Waals surface area contributed by atoms with Gasteiger partial charge in [-0.25, -0.2) is 27.5 Å². The number of carbonyl (C=O) groups excluding carboxylic acids is 1. The highest BCUT2D eigenvalue weighted by molar-refractivity contribution is 5.91. The number of aryl methyl sites for hydroxylation is 1. The first-order chi connectivity index (χ1) is 19.9. The van der Waals surface area contributed by atoms with Crippen molar-refractivity contribution >= 4 is 22.8 Å². The summed E-state index contributed by atoms with van der Waals surface area (Å²) < 4.78 is 46.1. The number of pyridine rings is 2. The van der Waals surface area contributed by atoms with E-state index in [2.05, 4.69) is 21.5 Å². The van der Waals surface area contributed by atoms with Gasteiger partial charge in [0.15, 0.2) is 23.1 Å². The molecular formula is C30H29F3N6O3. The van der Waals surface area contributed by atoms with E-state index in [9.17, 15) is 23.5 Å². The Balaban J connectivity index is 1.85. The standard InChI is InChI=1S/C30H29F3N6O3/c1-6-22(41)37-11-12-38(17(5)14-37)28-18-13-20(32)26(23-21(40)8-7-19(31)24(23)33)35-29(18)39(30(42)36-28)27-16(4)9-10-34-25(27)15(2)3/h6-10,13,15,17,40H,1,11-12,14H2,2-5H3/t17-/m0/s1. The smallest absolute Gasteiger partial charge is 0.355 e. The topological polar surface area (TPSA) is 104 Å². The molecular weight excluding hydrogens is 549 g/mol. The molecule has 0 spiro atoms. The number of piperazine rings is 1. The fourth-order valence-electron chi connectivity index (χ4n) is 5.35. The van der Waals surface area contributed by atoms with Gasteiger partial charge in [-0.15, -0.1) is 0 Å². The fraction of sp³-hybridized carbons (Fsp3) is 0.300. The van der Waals surface area contributed by atoms with Crippen LogP contribution in [0, 0.1) is 24.4 Å². The summed E-state index contributed by atoms with van der Waals surface area (Å²) in [7, 11) is 0. The van der Waals surface area contributed by atoms with E-state index in [0.717, 1.165) is 18.2 Å². The minimum atomic E-state index is -1.49. The number of phenols is 1. The van der Waals surface area contributed by atoms with E-state index >= 15 is 4.39 Å². The molecule has 0 saturated carbocycles. The Hall–Kier alpha value is -4.74. The molecule has 1 N–H and O–H groups in total. The van der Waals surface area contributed by atoms with Crippen molar-refractivity contribution < 1.29 is 23.1 Å². The van der Waals surface area contributed by atoms with E-state index < -0.39 is 40.1 Å². The molecule has 4 heterocycles. The van der Waals surface area contributed by atoms with Crippen LogP contribution in [0.15, 0.2) is 47.9 Å². The van der Waals surface area contributed by atoms with E-state index in [0.29, 0.717) is 30.0 Å². The fourth-order valence-corrected chi connectivity index (χ4v) is 5.35. The van der Waals surface area contributed by atoms with Gasteiger partial charge < -0.3 is 14.9 Å². The maximum absolute atomic E-state index is 15.8. The number of amides is 1. The third kappa shape index (κ3) is 4.76. The lowest BCUT2D eigenvalue weighted by molar-refractivity contribution is -0.126. The minimum absolute atomic E-state index is 0.0840. The summed E-state index contributed by atoms with van der Waals surface area (Å²) in [5.74, 6) is -4.82. The molecule has 5 rings (SSSR count). The first kappa shape index (κ1) is 28.8. The van der Waals surface area contributed by atoms with Crippen molar-refractivity contribution in [2.75, 3.05) is 24.5 Å². The quantitative estimate of drug-likeness (QED) is 0.345. The number of aromatic nitrogens is 4. The van der Waals surface area contributed by atoms with Crippen molar-refractivity contribution in [1.82, 2.24) is 24.4 Å². The van der Waals surface area contributed by atoms with E-state index in [1.165, 1.54) is 10.6 Å². The molecule has 0 aliphatic carbocycles. The van der Waals surface area contributed by atoms with Crippen LogP contribution in [0.1, 0.15) is 37.9 Å². The first-order valence-corrected chi connectivity index (χ1v) is 13.4. The van der Waals surface area contributed by atoms with Crippen LogP contribution in [0.4, 0.5) is 19.0 Å². The zero-order valence-corrected chi connectivity index (χ0v) is 23.5. The second kappa shape index (κ2) is 10.9. The van der Waals surface area contributed by atoms with E-state index in [1.807, 2.05) is 20.8 Å². The predicted octanol–water partition coefficient (Wildman–Crippen LogP) is 4.62. The molecule has 4 aromatic rings. The Morgan fingerprint density at radius 2 is 1.88 bits per heavy atom. The Bertz CT molecular complexity index is 1810. The average molecular weight is 579 g/mol. The number of fused-ring (bicyclic) bond motifs is 1. The van der Waals surface area contributed by atoms with Gasteiger partial charge >= 0.3 is 5.69 Å². The van der Waals surface area contributed by atoms with Crippen molar-refractivity contribution in [2.45, 2.75) is 39.7 Å². The van der Waals surface area contributed by atoms with Crippen LogP contribution in [-0.2, 0) is 4.79 Å². The molecule has 12 heteroatoms. The van der Waals surface area contributed by atoms with Crippen molar-refractivity contribution in [3.63, 3.8) is 0 Å². The molecule has 1 aliphatic heterocycles. The Kier molecular flexibility index (Phi) is 7.48. The number of rotatable bonds is 5. The zero-order chi connectivity index (χ0) is 30.5. The molecule has 0 radical (unpaired) electrons. The third-order valence-corrected chi connectivity index (χ3v) is 7.42. The molecule has 1 fully saturated rings. The third-order valence-electron chi connectivity index (χ3n) is 7.42. The van der Waals surface area contributed by atoms with Crippen molar-refractivity contribution in [1.29, 1.82) is 0 Å². The normalized spacial score (nSPS) is 15.5. The monoisotopic (exact) mass is 578 g/mol. The van der Waals surface area contributed by atoms with Crippen LogP contribution in [0.3, 0.4) is 0 Å². The van der Waals surface area contributed by atoms with Gasteiger partial charge in [0.25, 0.3) is 0 Å². The molecule has 0 unspecified atom stereocenters. The molecule has 1 saturated heterocycles. The van der Waals surface area contributed by atoms with Gasteiger partial charge in [-0.3, -0.25) is 9.78 Å². The number of anilines is 1. The largest absolute Gasteiger partial charge is 0.507 e. The second-order valence-electron chi connectivity index (χ2n) is 10.5. The maximum Gasteiger partial charge on any atom is 0.355 e. The number of phenolic OH excluding ortho intramolecular Hbond substituents is 1. The van der Waals surface area contributed by atoms with Crippen molar-refractivity contribution in [2.24, 2.45) is 0 Å². The lowest BCUT2D eigenvalue weighted by atomic mass is 10.0. The summed E-state index contributed by atoms with van der Waals surface area (Å²) in [5, 5.41) is 10.5. The maximum atomic E-state index is 15.8. The highest BCUT2D eigenvalue weighted by Crippen LogP contribution is 2.37. The van der Waals surface area contributed by atoms with Gasteiger partial charge in [-0.2, -0.15) is 4.98 Å². The summed E-state index contributed by atoms with van der Waals surface area (Å²) >= 11 is 0. The molecule has 1 aliphatic rings. The van der Waals surface area contributed by atoms with Gasteiger partial charge in [0.2, 0.25) is 5.91 Å². The number of halogens is 3. The van der Waals surface area contributed by atoms with E-state index in [-0.39, 0.29) is 41.3 Å². The number of hydrogen-bond donors (Lipinski definition) is 1. The van der Waals surface area contributed by atoms with E-state index in [1.54, 1.807) is 29.0 Å². The zero-order valence-electron chi connectivity index (χ0n) is 23.5. The number of benzene rings is 1. The lowest BCUT2D eigenvalue weighted by Gasteiger charge is -2.40. The summed E-state index contributed by atoms with van der Waals surface area (Å²) in [6, 6.07) is 4.05. The molecule has 218 valence electrons. The second-order valence-corrected chi connectivity index (χ2v) is 10.5. The summed E-state index contributed by atoms with van der Waals surface area (Å²) in [6.07, 6.45) is 2.83. The Morgan fingerprint density at radius 1 is 1.14 bits per heavy atom. The van der Waals surface area contributed by atoms with E-state index in [4.69, 9.17) is 0 Å². The van der Waals surface area contributed by atoms with Crippen LogP contribution in [0.25, 0.3) is 28.0 Å². The molecule has 0 bridgehead atoms. The highest BCUT2D eigenvalue weighted by Gasteiger charge is 2.31. The number of hydrogen-bond acceptors (Lipinski definition) is 7. The van der Waals surface area contributed by atoms with Crippen molar-refractivity contribution in [3.8, 4) is 22.7 Å². The van der Waals surface area contributed by atoms with Crippen LogP contribution in [-0.4, -0.2) is 61.1 Å². The number of nitrogens with zero attached hydrogens (tertiary/aromatic N) is 6. The molecule has 3 aromatic heterocycles. The number of carbonyl (C=O) groups is 1. The van der Waals surface area contributed by atoms with Crippen LogP contribution < -0.4 is 10.6 Å². The molecule has 1 aromatic carbocycles. The van der Waals surface area contributed by atoms with Crippen LogP contribution in [0.2, 0.25) is 0 Å². The molecule has 9 nitrogen and oxygen atoms in total. The summed E-state index contributed by atoms with van der Waals surface area (Å²) in [5.41, 5.74) is -0.701.